The number of nitro groups is 1. The van der Waals surface area contributed by atoms with Gasteiger partial charge in [0.05, 0.1) is 29.1 Å². The van der Waals surface area contributed by atoms with Gasteiger partial charge in [-0.05, 0) is 12.1 Å². The van der Waals surface area contributed by atoms with Crippen molar-refractivity contribution in [1.29, 1.82) is 0 Å². The first-order valence-electron chi connectivity index (χ1n) is 9.23. The second-order valence-electron chi connectivity index (χ2n) is 6.81. The molecule has 0 spiro atoms. The van der Waals surface area contributed by atoms with Crippen LogP contribution < -0.4 is 10.2 Å². The molecule has 2 amide bonds. The Labute approximate surface area is 178 Å². The van der Waals surface area contributed by atoms with Crippen LogP contribution in [0.25, 0.3) is 0 Å². The first-order chi connectivity index (χ1) is 15.1. The summed E-state index contributed by atoms with van der Waals surface area (Å²) in [5.74, 6) is -3.16. The van der Waals surface area contributed by atoms with Crippen molar-refractivity contribution in [1.82, 2.24) is 0 Å². The van der Waals surface area contributed by atoms with E-state index in [2.05, 4.69) is 5.32 Å². The van der Waals surface area contributed by atoms with Crippen molar-refractivity contribution < 1.29 is 37.2 Å². The van der Waals surface area contributed by atoms with Gasteiger partial charge in [-0.3, -0.25) is 29.4 Å². The molecule has 1 aliphatic heterocycles. The number of esters is 1. The number of anilines is 2. The Morgan fingerprint density at radius 3 is 2.50 bits per heavy atom. The molecule has 1 heterocycles. The number of halogens is 3. The molecule has 9 nitrogen and oxygen atoms in total. The summed E-state index contributed by atoms with van der Waals surface area (Å²) in [6.45, 7) is -1.05. The molecular formula is C20H16F3N3O6. The van der Waals surface area contributed by atoms with Crippen molar-refractivity contribution >= 4 is 34.8 Å². The van der Waals surface area contributed by atoms with E-state index in [1.54, 1.807) is 0 Å². The van der Waals surface area contributed by atoms with Crippen LogP contribution in [0.2, 0.25) is 0 Å². The highest BCUT2D eigenvalue weighted by Gasteiger charge is 2.49. The molecule has 168 valence electrons. The number of ether oxygens (including phenoxy) is 1. The van der Waals surface area contributed by atoms with Crippen LogP contribution in [-0.4, -0.2) is 41.5 Å². The largest absolute Gasteiger partial charge is 0.455 e. The van der Waals surface area contributed by atoms with Gasteiger partial charge in [-0.25, -0.2) is 0 Å². The van der Waals surface area contributed by atoms with E-state index in [0.29, 0.717) is 4.90 Å². The summed E-state index contributed by atoms with van der Waals surface area (Å²) in [7, 11) is 0. The number of hydrogen-bond donors (Lipinski definition) is 1. The van der Waals surface area contributed by atoms with E-state index >= 15 is 0 Å². The van der Waals surface area contributed by atoms with Gasteiger partial charge in [-0.1, -0.05) is 30.3 Å². The number of para-hydroxylation sites is 3. The van der Waals surface area contributed by atoms with Crippen molar-refractivity contribution in [2.75, 3.05) is 16.8 Å². The molecule has 0 bridgehead atoms. The highest BCUT2D eigenvalue weighted by Crippen LogP contribution is 2.37. The van der Waals surface area contributed by atoms with E-state index in [9.17, 15) is 37.7 Å². The summed E-state index contributed by atoms with van der Waals surface area (Å²) in [6.07, 6.45) is -6.52. The third kappa shape index (κ3) is 5.02. The maximum absolute atomic E-state index is 13.7. The molecule has 0 saturated carbocycles. The summed E-state index contributed by atoms with van der Waals surface area (Å²) in [4.78, 5) is 47.5. The molecule has 3 rings (SSSR count). The molecule has 1 N–H and O–H groups in total. The van der Waals surface area contributed by atoms with E-state index < -0.39 is 54.4 Å². The molecule has 0 saturated heterocycles. The third-order valence-corrected chi connectivity index (χ3v) is 4.65. The molecule has 1 aliphatic rings. The fourth-order valence-electron chi connectivity index (χ4n) is 3.25. The quantitative estimate of drug-likeness (QED) is 0.424. The van der Waals surface area contributed by atoms with Crippen LogP contribution in [0.3, 0.4) is 0 Å². The van der Waals surface area contributed by atoms with Gasteiger partial charge in [0, 0.05) is 11.6 Å². The van der Waals surface area contributed by atoms with Gasteiger partial charge in [0.1, 0.15) is 6.04 Å². The van der Waals surface area contributed by atoms with Gasteiger partial charge in [0.25, 0.3) is 11.6 Å². The zero-order chi connectivity index (χ0) is 23.5. The summed E-state index contributed by atoms with van der Waals surface area (Å²) < 4.78 is 45.8. The van der Waals surface area contributed by atoms with Crippen molar-refractivity contribution in [2.45, 2.75) is 25.1 Å². The molecule has 2 aromatic carbocycles. The zero-order valence-electron chi connectivity index (χ0n) is 16.3. The van der Waals surface area contributed by atoms with Gasteiger partial charge in [-0.15, -0.1) is 0 Å². The normalized spacial score (nSPS) is 15.9. The molecule has 0 aromatic heterocycles. The molecule has 0 fully saturated rings. The predicted molar refractivity (Wildman–Crippen MR) is 105 cm³/mol. The average Bonchev–Trinajstić information content (AvgIpc) is 2.88. The number of alkyl halides is 3. The second-order valence-corrected chi connectivity index (χ2v) is 6.81. The molecule has 0 aliphatic carbocycles. The molecule has 2 aromatic rings. The number of benzene rings is 2. The van der Waals surface area contributed by atoms with Crippen molar-refractivity contribution in [3.63, 3.8) is 0 Å². The van der Waals surface area contributed by atoms with E-state index in [0.717, 1.165) is 0 Å². The third-order valence-electron chi connectivity index (χ3n) is 4.65. The number of hydrogen-bond acceptors (Lipinski definition) is 6. The van der Waals surface area contributed by atoms with Crippen molar-refractivity contribution in [3.8, 4) is 0 Å². The fraction of sp³-hybridized carbons (Fsp3) is 0.250. The first kappa shape index (κ1) is 22.7. The Morgan fingerprint density at radius 2 is 1.81 bits per heavy atom. The minimum atomic E-state index is -4.93. The molecule has 1 atom stereocenters. The Kier molecular flexibility index (Phi) is 6.42. The first-order valence-corrected chi connectivity index (χ1v) is 9.23. The molecular weight excluding hydrogens is 435 g/mol. The highest BCUT2D eigenvalue weighted by molar-refractivity contribution is 6.05. The van der Waals surface area contributed by atoms with Crippen LogP contribution in [0.1, 0.15) is 12.0 Å². The zero-order valence-corrected chi connectivity index (χ0v) is 16.3. The molecule has 12 heteroatoms. The van der Waals surface area contributed by atoms with Gasteiger partial charge in [-0.2, -0.15) is 13.2 Å². The van der Waals surface area contributed by atoms with Crippen LogP contribution in [-0.2, 0) is 25.5 Å². The molecule has 32 heavy (non-hydrogen) atoms. The number of nitro benzene ring substituents is 1. The SMILES string of the molecule is O=C1CC(C(F)(F)F)N(C(=O)COC(=O)Cc2ccccc2[N+](=O)[O-])c2ccccc2N1. The van der Waals surface area contributed by atoms with E-state index in [1.807, 2.05) is 0 Å². The lowest BCUT2D eigenvalue weighted by atomic mass is 10.1. The number of rotatable bonds is 5. The Balaban J connectivity index is 1.80. The van der Waals surface area contributed by atoms with Crippen LogP contribution in [0, 0.1) is 10.1 Å². The predicted octanol–water partition coefficient (Wildman–Crippen LogP) is 2.99. The van der Waals surface area contributed by atoms with Crippen molar-refractivity contribution in [2.24, 2.45) is 0 Å². The number of nitrogens with one attached hydrogen (secondary N) is 1. The highest BCUT2D eigenvalue weighted by atomic mass is 19.4. The van der Waals surface area contributed by atoms with E-state index in [1.165, 1.54) is 48.5 Å². The van der Waals surface area contributed by atoms with Gasteiger partial charge >= 0.3 is 12.1 Å². The number of amides is 2. The standard InChI is InChI=1S/C20H16F3N3O6/c21-20(22,23)16-10-17(27)24-13-6-2-4-8-15(13)25(16)18(28)11-32-19(29)9-12-5-1-3-7-14(12)26(30)31/h1-8,16H,9-11H2,(H,24,27). The van der Waals surface area contributed by atoms with Crippen molar-refractivity contribution in [3.05, 3.63) is 64.2 Å². The lowest BCUT2D eigenvalue weighted by Crippen LogP contribution is -2.51. The van der Waals surface area contributed by atoms with Gasteiger partial charge in [0.15, 0.2) is 6.61 Å². The monoisotopic (exact) mass is 451 g/mol. The maximum atomic E-state index is 13.7. The minimum absolute atomic E-state index is 0.00355. The minimum Gasteiger partial charge on any atom is -0.455 e. The van der Waals surface area contributed by atoms with Gasteiger partial charge < -0.3 is 10.1 Å². The summed E-state index contributed by atoms with van der Waals surface area (Å²) in [5, 5.41) is 13.4. The lowest BCUT2D eigenvalue weighted by Gasteiger charge is -2.31. The Hall–Kier alpha value is -3.96. The van der Waals surface area contributed by atoms with Crippen LogP contribution in [0.5, 0.6) is 0 Å². The van der Waals surface area contributed by atoms with Gasteiger partial charge in [0.2, 0.25) is 5.91 Å². The number of nitrogens with zero attached hydrogens (tertiary/aromatic N) is 2. The number of carbonyl (C=O) groups is 3. The summed E-state index contributed by atoms with van der Waals surface area (Å²) >= 11 is 0. The average molecular weight is 451 g/mol. The maximum Gasteiger partial charge on any atom is 0.409 e. The Bertz CT molecular complexity index is 1070. The summed E-state index contributed by atoms with van der Waals surface area (Å²) in [5.41, 5.74) is -0.499. The smallest absolute Gasteiger partial charge is 0.409 e. The number of fused-ring (bicyclic) bond motifs is 1. The van der Waals surface area contributed by atoms with Crippen LogP contribution in [0.4, 0.5) is 30.2 Å². The van der Waals surface area contributed by atoms with E-state index in [-0.39, 0.29) is 22.6 Å². The van der Waals surface area contributed by atoms with E-state index in [4.69, 9.17) is 4.74 Å². The van der Waals surface area contributed by atoms with Crippen LogP contribution >= 0.6 is 0 Å². The Morgan fingerprint density at radius 1 is 1.16 bits per heavy atom. The topological polar surface area (TPSA) is 119 Å². The van der Waals surface area contributed by atoms with Crippen LogP contribution in [0.15, 0.2) is 48.5 Å². The molecule has 0 radical (unpaired) electrons. The number of carbonyl (C=O) groups excluding carboxylic acids is 3. The summed E-state index contributed by atoms with van der Waals surface area (Å²) in [6, 6.07) is 8.34. The lowest BCUT2D eigenvalue weighted by molar-refractivity contribution is -0.385. The second kappa shape index (κ2) is 9.04. The molecule has 1 unspecified atom stereocenters. The fourth-order valence-corrected chi connectivity index (χ4v) is 3.25.